The molecule has 1 amide bonds. The minimum absolute atomic E-state index is 0.114. The molecule has 0 saturated carbocycles. The summed E-state index contributed by atoms with van der Waals surface area (Å²) in [5, 5.41) is 22.2. The van der Waals surface area contributed by atoms with Gasteiger partial charge >= 0.3 is 0 Å². The Balaban J connectivity index is 1.44. The van der Waals surface area contributed by atoms with E-state index in [1.165, 1.54) is 0 Å². The molecule has 2 aromatic carbocycles. The topological polar surface area (TPSA) is 92.5 Å². The molecule has 0 aliphatic carbocycles. The number of nitrogens with zero attached hydrogens (tertiary/aromatic N) is 4. The minimum atomic E-state index is -0.266. The van der Waals surface area contributed by atoms with Crippen LogP contribution in [0.5, 0.6) is 11.5 Å². The number of phenolic OH excluding ortho intramolecular Hbond substituents is 1. The second kappa shape index (κ2) is 9.40. The Kier molecular flexibility index (Phi) is 6.41. The first-order chi connectivity index (χ1) is 15.5. The zero-order chi connectivity index (χ0) is 22.7. The molecular weight excluding hydrogens is 406 g/mol. The highest BCUT2D eigenvalue weighted by Gasteiger charge is 2.24. The molecular formula is C24H29N5O3. The van der Waals surface area contributed by atoms with Crippen molar-refractivity contribution in [3.8, 4) is 11.5 Å². The van der Waals surface area contributed by atoms with Gasteiger partial charge in [-0.05, 0) is 31.5 Å². The third-order valence-corrected chi connectivity index (χ3v) is 5.97. The largest absolute Gasteiger partial charge is 0.504 e. The van der Waals surface area contributed by atoms with E-state index in [0.29, 0.717) is 24.4 Å². The predicted molar refractivity (Wildman–Crippen MR) is 121 cm³/mol. The van der Waals surface area contributed by atoms with Gasteiger partial charge in [0.15, 0.2) is 17.3 Å². The number of benzene rings is 2. The number of fused-ring (bicyclic) bond motifs is 1. The molecule has 0 saturated heterocycles. The van der Waals surface area contributed by atoms with Crippen molar-refractivity contribution in [1.82, 2.24) is 25.0 Å². The van der Waals surface area contributed by atoms with E-state index in [-0.39, 0.29) is 17.7 Å². The van der Waals surface area contributed by atoms with Gasteiger partial charge < -0.3 is 19.7 Å². The summed E-state index contributed by atoms with van der Waals surface area (Å²) in [6.07, 6.45) is 0.746. The van der Waals surface area contributed by atoms with Crippen molar-refractivity contribution >= 4 is 5.91 Å². The zero-order valence-electron chi connectivity index (χ0n) is 18.7. The monoisotopic (exact) mass is 435 g/mol. The lowest BCUT2D eigenvalue weighted by Gasteiger charge is -2.21. The smallest absolute Gasteiger partial charge is 0.252 e. The summed E-state index contributed by atoms with van der Waals surface area (Å²) in [6.45, 7) is 6.79. The molecule has 8 heteroatoms. The van der Waals surface area contributed by atoms with Crippen molar-refractivity contribution in [2.24, 2.45) is 0 Å². The predicted octanol–water partition coefficient (Wildman–Crippen LogP) is 2.85. The van der Waals surface area contributed by atoms with Crippen LogP contribution in [0.25, 0.3) is 0 Å². The average molecular weight is 436 g/mol. The zero-order valence-corrected chi connectivity index (χ0v) is 18.7. The minimum Gasteiger partial charge on any atom is -0.504 e. The normalized spacial score (nSPS) is 15.0. The summed E-state index contributed by atoms with van der Waals surface area (Å²) in [5.74, 6) is 2.22. The number of amides is 1. The Morgan fingerprint density at radius 2 is 1.97 bits per heavy atom. The first kappa shape index (κ1) is 21.8. The van der Waals surface area contributed by atoms with Crippen LogP contribution in [-0.2, 0) is 19.5 Å². The van der Waals surface area contributed by atoms with E-state index in [2.05, 4.69) is 25.0 Å². The van der Waals surface area contributed by atoms with Crippen molar-refractivity contribution in [3.05, 3.63) is 70.8 Å². The number of aromatic hydroxyl groups is 1. The van der Waals surface area contributed by atoms with Crippen LogP contribution in [0.4, 0.5) is 0 Å². The number of rotatable bonds is 6. The van der Waals surface area contributed by atoms with Gasteiger partial charge in [-0.15, -0.1) is 10.2 Å². The third kappa shape index (κ3) is 4.45. The number of phenols is 1. The number of aromatic nitrogens is 3. The molecule has 32 heavy (non-hydrogen) atoms. The fraction of sp³-hybridized carbons (Fsp3) is 0.375. The second-order valence-corrected chi connectivity index (χ2v) is 8.13. The van der Waals surface area contributed by atoms with E-state index in [1.54, 1.807) is 13.2 Å². The number of nitrogens with one attached hydrogen (secondary N) is 1. The molecule has 0 spiro atoms. The van der Waals surface area contributed by atoms with Gasteiger partial charge in [0, 0.05) is 43.7 Å². The standard InChI is InChI=1S/C24H29N5O3/c1-16-7-4-5-9-19(16)24(31)25-17(2)23-27-26-21-11-12-28(13-14-29(21)23)15-18-8-6-10-20(32-3)22(18)30/h4-10,17,30H,11-15H2,1-3H3,(H,25,31)/t17-/m0/s1. The van der Waals surface area contributed by atoms with E-state index in [0.717, 1.165) is 42.3 Å². The highest BCUT2D eigenvalue weighted by Crippen LogP contribution is 2.30. The summed E-state index contributed by atoms with van der Waals surface area (Å²) < 4.78 is 7.33. The molecule has 2 N–H and O–H groups in total. The van der Waals surface area contributed by atoms with Gasteiger partial charge in [0.05, 0.1) is 13.2 Å². The number of aryl methyl sites for hydroxylation is 1. The summed E-state index contributed by atoms with van der Waals surface area (Å²) in [4.78, 5) is 15.0. The SMILES string of the molecule is COc1cccc(CN2CCc3nnc([C@H](C)NC(=O)c4ccccc4C)n3CC2)c1O. The maximum Gasteiger partial charge on any atom is 0.252 e. The van der Waals surface area contributed by atoms with Crippen LogP contribution in [0.2, 0.25) is 0 Å². The summed E-state index contributed by atoms with van der Waals surface area (Å²) in [5.41, 5.74) is 2.44. The summed E-state index contributed by atoms with van der Waals surface area (Å²) in [7, 11) is 1.55. The maximum absolute atomic E-state index is 12.7. The van der Waals surface area contributed by atoms with Gasteiger partial charge in [-0.3, -0.25) is 9.69 Å². The second-order valence-electron chi connectivity index (χ2n) is 8.13. The lowest BCUT2D eigenvalue weighted by molar-refractivity contribution is 0.0937. The highest BCUT2D eigenvalue weighted by atomic mass is 16.5. The molecule has 0 unspecified atom stereocenters. The first-order valence-corrected chi connectivity index (χ1v) is 10.8. The van der Waals surface area contributed by atoms with Crippen molar-refractivity contribution in [2.45, 2.75) is 39.4 Å². The Hall–Kier alpha value is -3.39. The number of para-hydroxylation sites is 1. The van der Waals surface area contributed by atoms with Crippen LogP contribution in [0, 0.1) is 6.92 Å². The fourth-order valence-corrected chi connectivity index (χ4v) is 4.14. The first-order valence-electron chi connectivity index (χ1n) is 10.8. The van der Waals surface area contributed by atoms with Crippen molar-refractivity contribution in [1.29, 1.82) is 0 Å². The van der Waals surface area contributed by atoms with Crippen molar-refractivity contribution in [2.75, 3.05) is 20.2 Å². The highest BCUT2D eigenvalue weighted by molar-refractivity contribution is 5.95. The van der Waals surface area contributed by atoms with Crippen molar-refractivity contribution < 1.29 is 14.6 Å². The van der Waals surface area contributed by atoms with Gasteiger partial charge in [0.2, 0.25) is 0 Å². The van der Waals surface area contributed by atoms with Gasteiger partial charge in [-0.2, -0.15) is 0 Å². The number of carbonyl (C=O) groups excluding carboxylic acids is 1. The van der Waals surface area contributed by atoms with E-state index >= 15 is 0 Å². The van der Waals surface area contributed by atoms with Gasteiger partial charge in [0.25, 0.3) is 5.91 Å². The Morgan fingerprint density at radius 1 is 1.16 bits per heavy atom. The number of hydrogen-bond donors (Lipinski definition) is 2. The van der Waals surface area contributed by atoms with Gasteiger partial charge in [-0.1, -0.05) is 30.3 Å². The molecule has 1 atom stereocenters. The molecule has 1 aromatic heterocycles. The van der Waals surface area contributed by atoms with E-state index < -0.39 is 0 Å². The maximum atomic E-state index is 12.7. The summed E-state index contributed by atoms with van der Waals surface area (Å²) in [6, 6.07) is 12.8. The molecule has 0 fully saturated rings. The van der Waals surface area contributed by atoms with Crippen molar-refractivity contribution in [3.63, 3.8) is 0 Å². The van der Waals surface area contributed by atoms with E-state index in [9.17, 15) is 9.90 Å². The van der Waals surface area contributed by atoms with Crippen LogP contribution in [-0.4, -0.2) is 50.9 Å². The van der Waals surface area contributed by atoms with Crippen LogP contribution in [0.3, 0.4) is 0 Å². The number of ether oxygens (including phenoxy) is 1. The lowest BCUT2D eigenvalue weighted by atomic mass is 10.1. The van der Waals surface area contributed by atoms with E-state index in [4.69, 9.17) is 4.74 Å². The third-order valence-electron chi connectivity index (χ3n) is 5.97. The molecule has 3 aromatic rings. The molecule has 1 aliphatic rings. The lowest BCUT2D eigenvalue weighted by Crippen LogP contribution is -2.30. The van der Waals surface area contributed by atoms with E-state index in [1.807, 2.05) is 50.2 Å². The molecule has 0 radical (unpaired) electrons. The van der Waals surface area contributed by atoms with Crippen LogP contribution < -0.4 is 10.1 Å². The Labute approximate surface area is 187 Å². The number of hydrogen-bond acceptors (Lipinski definition) is 6. The Bertz CT molecular complexity index is 1110. The average Bonchev–Trinajstić information content (AvgIpc) is 3.09. The van der Waals surface area contributed by atoms with Crippen LogP contribution in [0.15, 0.2) is 42.5 Å². The molecule has 0 bridgehead atoms. The number of methoxy groups -OCH3 is 1. The van der Waals surface area contributed by atoms with Gasteiger partial charge in [-0.25, -0.2) is 0 Å². The fourth-order valence-electron chi connectivity index (χ4n) is 4.14. The number of carbonyl (C=O) groups is 1. The molecule has 1 aliphatic heterocycles. The van der Waals surface area contributed by atoms with Crippen LogP contribution in [0.1, 0.15) is 46.1 Å². The molecule has 4 rings (SSSR count). The Morgan fingerprint density at radius 3 is 2.75 bits per heavy atom. The van der Waals surface area contributed by atoms with Gasteiger partial charge in [0.1, 0.15) is 5.82 Å². The molecule has 2 heterocycles. The quantitative estimate of drug-likeness (QED) is 0.619. The van der Waals surface area contributed by atoms with Crippen LogP contribution >= 0.6 is 0 Å². The summed E-state index contributed by atoms with van der Waals surface area (Å²) >= 11 is 0. The molecule has 8 nitrogen and oxygen atoms in total. The molecule has 168 valence electrons.